The van der Waals surface area contributed by atoms with Gasteiger partial charge in [0.25, 0.3) is 5.91 Å². The van der Waals surface area contributed by atoms with Gasteiger partial charge in [-0.15, -0.1) is 0 Å². The quantitative estimate of drug-likeness (QED) is 0.849. The molecule has 2 N–H and O–H groups in total. The van der Waals surface area contributed by atoms with Gasteiger partial charge in [-0.2, -0.15) is 0 Å². The van der Waals surface area contributed by atoms with Crippen molar-refractivity contribution in [3.63, 3.8) is 0 Å². The topological polar surface area (TPSA) is 66.4 Å². The van der Waals surface area contributed by atoms with Crippen LogP contribution in [-0.4, -0.2) is 16.8 Å². The van der Waals surface area contributed by atoms with Crippen LogP contribution >= 0.6 is 0 Å². The molecule has 3 rings (SSSR count). The third-order valence-corrected chi connectivity index (χ3v) is 4.01. The summed E-state index contributed by atoms with van der Waals surface area (Å²) >= 11 is 0. The summed E-state index contributed by atoms with van der Waals surface area (Å²) in [6, 6.07) is 15.6. The maximum absolute atomic E-state index is 12.6. The number of amides is 1. The predicted octanol–water partition coefficient (Wildman–Crippen LogP) is 2.35. The summed E-state index contributed by atoms with van der Waals surface area (Å²) < 4.78 is 0. The average molecular weight is 281 g/mol. The molecule has 4 heteroatoms. The van der Waals surface area contributed by atoms with Crippen molar-refractivity contribution < 1.29 is 14.7 Å². The lowest BCUT2D eigenvalue weighted by Crippen LogP contribution is -2.44. The Bertz CT molecular complexity index is 711. The van der Waals surface area contributed by atoms with Gasteiger partial charge >= 0.3 is 0 Å². The predicted molar refractivity (Wildman–Crippen MR) is 78.9 cm³/mol. The van der Waals surface area contributed by atoms with Gasteiger partial charge in [-0.1, -0.05) is 55.5 Å². The van der Waals surface area contributed by atoms with Crippen LogP contribution < -0.4 is 5.32 Å². The summed E-state index contributed by atoms with van der Waals surface area (Å²) in [5.41, 5.74) is -0.344. The van der Waals surface area contributed by atoms with Gasteiger partial charge in [0.1, 0.15) is 0 Å². The van der Waals surface area contributed by atoms with E-state index in [9.17, 15) is 14.7 Å². The Morgan fingerprint density at radius 2 is 1.71 bits per heavy atom. The van der Waals surface area contributed by atoms with E-state index in [-0.39, 0.29) is 5.78 Å². The number of nitrogens with one attached hydrogen (secondary N) is 1. The van der Waals surface area contributed by atoms with Crippen molar-refractivity contribution >= 4 is 17.4 Å². The molecule has 4 nitrogen and oxygen atoms in total. The molecule has 1 amide bonds. The lowest BCUT2D eigenvalue weighted by Gasteiger charge is -2.27. The zero-order chi connectivity index (χ0) is 15.0. The Balaban J connectivity index is 2.03. The Morgan fingerprint density at radius 3 is 2.43 bits per heavy atom. The Labute approximate surface area is 122 Å². The van der Waals surface area contributed by atoms with Crippen LogP contribution in [0.2, 0.25) is 0 Å². The highest BCUT2D eigenvalue weighted by atomic mass is 16.3. The van der Waals surface area contributed by atoms with Crippen LogP contribution in [0.25, 0.3) is 0 Å². The SMILES string of the molecule is C[C@@H](C(=O)c1ccccc1)[C@]1(O)C(=O)Nc2ccccc21. The number of benzene rings is 2. The normalized spacial score (nSPS) is 21.5. The van der Waals surface area contributed by atoms with Crippen molar-refractivity contribution in [1.29, 1.82) is 0 Å². The fourth-order valence-electron chi connectivity index (χ4n) is 2.74. The molecule has 2 aromatic carbocycles. The molecule has 0 radical (unpaired) electrons. The lowest BCUT2D eigenvalue weighted by atomic mass is 9.79. The zero-order valence-corrected chi connectivity index (χ0v) is 11.5. The molecule has 2 aromatic rings. The van der Waals surface area contributed by atoms with Crippen LogP contribution in [0.1, 0.15) is 22.8 Å². The highest BCUT2D eigenvalue weighted by Crippen LogP contribution is 2.41. The number of ketones is 1. The van der Waals surface area contributed by atoms with Gasteiger partial charge in [0.2, 0.25) is 0 Å². The van der Waals surface area contributed by atoms with Gasteiger partial charge in [-0.3, -0.25) is 9.59 Å². The number of hydrogen-bond donors (Lipinski definition) is 2. The first-order valence-electron chi connectivity index (χ1n) is 6.77. The maximum atomic E-state index is 12.6. The van der Waals surface area contributed by atoms with Gasteiger partial charge in [0.15, 0.2) is 11.4 Å². The van der Waals surface area contributed by atoms with Gasteiger partial charge < -0.3 is 10.4 Å². The van der Waals surface area contributed by atoms with Crippen LogP contribution in [0.3, 0.4) is 0 Å². The van der Waals surface area contributed by atoms with E-state index in [2.05, 4.69) is 5.32 Å². The van der Waals surface area contributed by atoms with E-state index in [4.69, 9.17) is 0 Å². The molecular weight excluding hydrogens is 266 g/mol. The summed E-state index contributed by atoms with van der Waals surface area (Å²) in [5.74, 6) is -1.69. The number of hydrogen-bond acceptors (Lipinski definition) is 3. The number of para-hydroxylation sites is 1. The number of carbonyl (C=O) groups is 2. The molecule has 106 valence electrons. The Kier molecular flexibility index (Phi) is 3.11. The van der Waals surface area contributed by atoms with Crippen LogP contribution in [0.5, 0.6) is 0 Å². The second-order valence-corrected chi connectivity index (χ2v) is 5.22. The molecular formula is C17H15NO3. The maximum Gasteiger partial charge on any atom is 0.261 e. The summed E-state index contributed by atoms with van der Waals surface area (Å²) in [6.07, 6.45) is 0. The number of Topliss-reactive ketones (excluding diaryl/α,β-unsaturated/α-hetero) is 1. The first-order chi connectivity index (χ1) is 10.0. The molecule has 0 unspecified atom stereocenters. The highest BCUT2D eigenvalue weighted by molar-refractivity contribution is 6.10. The number of carbonyl (C=O) groups excluding carboxylic acids is 2. The van der Waals surface area contributed by atoms with Crippen molar-refractivity contribution in [3.8, 4) is 0 Å². The molecule has 0 aromatic heterocycles. The van der Waals surface area contributed by atoms with E-state index >= 15 is 0 Å². The number of fused-ring (bicyclic) bond motifs is 1. The van der Waals surface area contributed by atoms with Gasteiger partial charge in [-0.25, -0.2) is 0 Å². The third-order valence-electron chi connectivity index (χ3n) is 4.01. The number of anilines is 1. The smallest absolute Gasteiger partial charge is 0.261 e. The standard InChI is InChI=1S/C17H15NO3/c1-11(15(19)12-7-3-2-4-8-12)17(21)13-9-5-6-10-14(13)18-16(17)20/h2-11,21H,1H3,(H,18,20)/t11-,17+/m0/s1. The van der Waals surface area contributed by atoms with E-state index in [0.717, 1.165) is 0 Å². The summed E-state index contributed by atoms with van der Waals surface area (Å²) in [7, 11) is 0. The molecule has 1 heterocycles. The molecule has 21 heavy (non-hydrogen) atoms. The summed E-state index contributed by atoms with van der Waals surface area (Å²) in [4.78, 5) is 24.8. The highest BCUT2D eigenvalue weighted by Gasteiger charge is 2.51. The number of aliphatic hydroxyl groups is 1. The van der Waals surface area contributed by atoms with Crippen molar-refractivity contribution in [2.75, 3.05) is 5.32 Å². The van der Waals surface area contributed by atoms with E-state index in [1.54, 1.807) is 55.5 Å². The number of rotatable bonds is 3. The van der Waals surface area contributed by atoms with E-state index in [1.165, 1.54) is 0 Å². The molecule has 0 saturated carbocycles. The fourth-order valence-corrected chi connectivity index (χ4v) is 2.74. The second-order valence-electron chi connectivity index (χ2n) is 5.22. The summed E-state index contributed by atoms with van der Waals surface area (Å²) in [5, 5.41) is 13.5. The van der Waals surface area contributed by atoms with Crippen LogP contribution in [0.4, 0.5) is 5.69 Å². The monoisotopic (exact) mass is 281 g/mol. The van der Waals surface area contributed by atoms with E-state index in [0.29, 0.717) is 16.8 Å². The Hall–Kier alpha value is -2.46. The largest absolute Gasteiger partial charge is 0.375 e. The van der Waals surface area contributed by atoms with Crippen LogP contribution in [0, 0.1) is 5.92 Å². The van der Waals surface area contributed by atoms with Gasteiger partial charge in [0.05, 0.1) is 5.92 Å². The summed E-state index contributed by atoms with van der Waals surface area (Å²) in [6.45, 7) is 1.58. The minimum Gasteiger partial charge on any atom is -0.375 e. The molecule has 0 fully saturated rings. The third kappa shape index (κ3) is 1.96. The molecule has 0 spiro atoms. The van der Waals surface area contributed by atoms with E-state index < -0.39 is 17.4 Å². The van der Waals surface area contributed by atoms with Crippen LogP contribution in [0.15, 0.2) is 54.6 Å². The lowest BCUT2D eigenvalue weighted by molar-refractivity contribution is -0.137. The second kappa shape index (κ2) is 4.82. The molecule has 2 atom stereocenters. The molecule has 0 aliphatic carbocycles. The fraction of sp³-hybridized carbons (Fsp3) is 0.176. The first-order valence-corrected chi connectivity index (χ1v) is 6.77. The Morgan fingerprint density at radius 1 is 1.10 bits per heavy atom. The minimum atomic E-state index is -1.83. The molecule has 0 saturated heterocycles. The molecule has 1 aliphatic heterocycles. The van der Waals surface area contributed by atoms with Gasteiger partial charge in [0, 0.05) is 16.8 Å². The molecule has 0 bridgehead atoms. The van der Waals surface area contributed by atoms with Crippen molar-refractivity contribution in [2.45, 2.75) is 12.5 Å². The van der Waals surface area contributed by atoms with Crippen molar-refractivity contribution in [3.05, 3.63) is 65.7 Å². The van der Waals surface area contributed by atoms with Crippen molar-refractivity contribution in [1.82, 2.24) is 0 Å². The average Bonchev–Trinajstić information content (AvgIpc) is 2.79. The van der Waals surface area contributed by atoms with Crippen LogP contribution in [-0.2, 0) is 10.4 Å². The minimum absolute atomic E-state index is 0.259. The zero-order valence-electron chi connectivity index (χ0n) is 11.5. The first kappa shape index (κ1) is 13.5. The van der Waals surface area contributed by atoms with Crippen molar-refractivity contribution in [2.24, 2.45) is 5.92 Å². The van der Waals surface area contributed by atoms with E-state index in [1.807, 2.05) is 6.07 Å². The molecule has 1 aliphatic rings. The van der Waals surface area contributed by atoms with Gasteiger partial charge in [-0.05, 0) is 6.07 Å².